The van der Waals surface area contributed by atoms with E-state index in [0.29, 0.717) is 7.25 Å². The summed E-state index contributed by atoms with van der Waals surface area (Å²) in [5.74, 6) is 0. The van der Waals surface area contributed by atoms with E-state index in [9.17, 15) is 0 Å². The van der Waals surface area contributed by atoms with Gasteiger partial charge < -0.3 is 0 Å². The van der Waals surface area contributed by atoms with Crippen molar-refractivity contribution < 1.29 is 16.4 Å². The molecule has 0 heterocycles. The van der Waals surface area contributed by atoms with Crippen LogP contribution in [0.2, 0.25) is 11.4 Å². The van der Waals surface area contributed by atoms with E-state index in [2.05, 4.69) is 32.9 Å². The zero-order valence-corrected chi connectivity index (χ0v) is 21.3. The van der Waals surface area contributed by atoms with Crippen molar-refractivity contribution in [3.8, 4) is 0 Å². The van der Waals surface area contributed by atoms with Gasteiger partial charge in [-0.2, -0.15) is 0 Å². The van der Waals surface area contributed by atoms with Crippen molar-refractivity contribution in [3.05, 3.63) is 45.6 Å². The van der Waals surface area contributed by atoms with Gasteiger partial charge in [-0.05, 0) is 0 Å². The molecule has 3 heteroatoms. The Bertz CT molecular complexity index is 705. The molecule has 2 unspecified atom stereocenters. The molecule has 0 N–H and O–H groups in total. The van der Waals surface area contributed by atoms with Gasteiger partial charge in [-0.25, -0.2) is 0 Å². The summed E-state index contributed by atoms with van der Waals surface area (Å²) >= 11 is -4.20. The second-order valence-electron chi connectivity index (χ2n) is 9.23. The van der Waals surface area contributed by atoms with Gasteiger partial charge in [0.05, 0.1) is 0 Å². The second-order valence-corrected chi connectivity index (χ2v) is 32.2. The summed E-state index contributed by atoms with van der Waals surface area (Å²) in [6.45, 7) is 6.94. The summed E-state index contributed by atoms with van der Waals surface area (Å²) in [6, 6.07) is 0. The van der Waals surface area contributed by atoms with Gasteiger partial charge in [0, 0.05) is 0 Å². The predicted molar refractivity (Wildman–Crippen MR) is 117 cm³/mol. The van der Waals surface area contributed by atoms with Crippen LogP contribution < -0.4 is 0 Å². The van der Waals surface area contributed by atoms with Crippen LogP contribution in [0.3, 0.4) is 0 Å². The third-order valence-corrected chi connectivity index (χ3v) is 28.9. The minimum absolute atomic E-state index is 0.397. The van der Waals surface area contributed by atoms with E-state index >= 15 is 0 Å². The number of rotatable bonds is 5. The van der Waals surface area contributed by atoms with Crippen molar-refractivity contribution >= 4 is 17.0 Å². The molecule has 4 rings (SSSR count). The first-order valence-corrected chi connectivity index (χ1v) is 22.3. The molecule has 0 spiro atoms. The Morgan fingerprint density at radius 2 is 1.15 bits per heavy atom. The SMILES string of the molecule is CCC1=CC2=C(CCCC2)[CH]1[Zr]([Cl])([Cl])([CH2]C)[CH]1C(CC)=CC2=C1CCCC2. The molecule has 27 heavy (non-hydrogen) atoms. The number of hydrogen-bond donors (Lipinski definition) is 0. The van der Waals surface area contributed by atoms with Crippen molar-refractivity contribution in [2.75, 3.05) is 0 Å². The molecule has 0 aromatic carbocycles. The molecule has 0 saturated heterocycles. The summed E-state index contributed by atoms with van der Waals surface area (Å²) in [7, 11) is 16.0. The molecule has 0 amide bonds. The van der Waals surface area contributed by atoms with Gasteiger partial charge in [-0.1, -0.05) is 0 Å². The standard InChI is InChI=1S/2C11H15.C2H5.2ClH.Zr/c2*1-2-9-7-10-5-3-4-6-11(10)8-9;1-2;;;/h2*7-8H,2-6H2,1H3;1H2,2H3;2*1H;/q;;;;;+2/p-2. The van der Waals surface area contributed by atoms with Crippen LogP contribution in [0, 0.1) is 0 Å². The normalized spacial score (nSPS) is 29.9. The van der Waals surface area contributed by atoms with Crippen LogP contribution >= 0.6 is 17.0 Å². The van der Waals surface area contributed by atoms with Crippen molar-refractivity contribution in [1.29, 1.82) is 0 Å². The fraction of sp³-hybridized carbons (Fsp3) is 0.667. The molecule has 0 aromatic heterocycles. The van der Waals surface area contributed by atoms with E-state index in [1.807, 2.05) is 0 Å². The van der Waals surface area contributed by atoms with E-state index in [1.54, 1.807) is 33.4 Å². The first-order valence-electron chi connectivity index (χ1n) is 11.4. The number of allylic oxidation sites excluding steroid dienone is 8. The number of halogens is 2. The molecule has 0 saturated carbocycles. The van der Waals surface area contributed by atoms with Crippen LogP contribution in [0.25, 0.3) is 0 Å². The van der Waals surface area contributed by atoms with Crippen LogP contribution in [0.1, 0.15) is 85.0 Å². The maximum absolute atomic E-state index is 8.00. The molecule has 0 nitrogen and oxygen atoms in total. The van der Waals surface area contributed by atoms with Gasteiger partial charge in [-0.15, -0.1) is 0 Å². The first-order chi connectivity index (χ1) is 12.9. The average Bonchev–Trinajstić information content (AvgIpc) is 3.27. The Morgan fingerprint density at radius 1 is 0.741 bits per heavy atom. The quantitative estimate of drug-likeness (QED) is 0.364. The average molecular weight is 486 g/mol. The third-order valence-electron chi connectivity index (χ3n) is 7.94. The molecule has 0 bridgehead atoms. The van der Waals surface area contributed by atoms with Crippen molar-refractivity contribution in [1.82, 2.24) is 0 Å². The monoisotopic (exact) mass is 483 g/mol. The zero-order chi connectivity index (χ0) is 19.3. The summed E-state index contributed by atoms with van der Waals surface area (Å²) in [6.07, 6.45) is 17.5. The number of hydrogen-bond acceptors (Lipinski definition) is 0. The van der Waals surface area contributed by atoms with Gasteiger partial charge in [0.2, 0.25) is 0 Å². The fourth-order valence-corrected chi connectivity index (χ4v) is 26.1. The molecule has 0 aromatic rings. The summed E-state index contributed by atoms with van der Waals surface area (Å²) in [5, 5.41) is 0. The molecule has 0 aliphatic heterocycles. The van der Waals surface area contributed by atoms with Gasteiger partial charge >= 0.3 is 175 Å². The Labute approximate surface area is 174 Å². The Balaban J connectivity index is 1.87. The molecule has 4 aliphatic carbocycles. The van der Waals surface area contributed by atoms with Gasteiger partial charge in [0.25, 0.3) is 0 Å². The van der Waals surface area contributed by atoms with Crippen LogP contribution in [-0.4, -0.2) is 0 Å². The molecular weight excluding hydrogens is 450 g/mol. The summed E-state index contributed by atoms with van der Waals surface area (Å²) in [4.78, 5) is 0. The van der Waals surface area contributed by atoms with Crippen LogP contribution in [0.15, 0.2) is 45.6 Å². The topological polar surface area (TPSA) is 0 Å². The van der Waals surface area contributed by atoms with E-state index in [4.69, 9.17) is 17.0 Å². The van der Waals surface area contributed by atoms with Gasteiger partial charge in [-0.3, -0.25) is 0 Å². The fourth-order valence-electron chi connectivity index (χ4n) is 6.61. The molecular formula is C24H35Cl2Zr. The van der Waals surface area contributed by atoms with Gasteiger partial charge in [0.15, 0.2) is 0 Å². The Hall–Kier alpha value is 0.423. The van der Waals surface area contributed by atoms with Crippen molar-refractivity contribution in [3.63, 3.8) is 0 Å². The van der Waals surface area contributed by atoms with Gasteiger partial charge in [0.1, 0.15) is 0 Å². The third kappa shape index (κ3) is 3.18. The summed E-state index contributed by atoms with van der Waals surface area (Å²) in [5.41, 5.74) is 9.68. The Kier molecular flexibility index (Phi) is 5.82. The summed E-state index contributed by atoms with van der Waals surface area (Å²) < 4.78 is 1.80. The molecule has 0 fully saturated rings. The van der Waals surface area contributed by atoms with Crippen molar-refractivity contribution in [2.45, 2.75) is 96.4 Å². The van der Waals surface area contributed by atoms with Crippen LogP contribution in [0.5, 0.6) is 0 Å². The Morgan fingerprint density at radius 3 is 1.52 bits per heavy atom. The van der Waals surface area contributed by atoms with E-state index in [-0.39, 0.29) is 0 Å². The van der Waals surface area contributed by atoms with Crippen LogP contribution in [0.4, 0.5) is 0 Å². The van der Waals surface area contributed by atoms with Crippen LogP contribution in [-0.2, 0) is 16.4 Å². The first kappa shape index (κ1) is 20.7. The maximum atomic E-state index is 8.00. The van der Waals surface area contributed by atoms with E-state index < -0.39 is 16.4 Å². The van der Waals surface area contributed by atoms with Crippen molar-refractivity contribution in [2.24, 2.45) is 0 Å². The molecule has 2 atom stereocenters. The van der Waals surface area contributed by atoms with E-state index in [0.717, 1.165) is 17.0 Å². The zero-order valence-electron chi connectivity index (χ0n) is 17.3. The predicted octanol–water partition coefficient (Wildman–Crippen LogP) is 9.44. The minimum atomic E-state index is -4.20. The van der Waals surface area contributed by atoms with E-state index in [1.165, 1.54) is 51.4 Å². The molecule has 4 aliphatic rings. The molecule has 149 valence electrons. The molecule has 0 radical (unpaired) electrons. The second kappa shape index (κ2) is 7.59.